The number of likely N-dealkylation sites (tertiary alicyclic amines) is 1. The average Bonchev–Trinajstić information content (AvgIpc) is 3.43. The molecule has 2 fully saturated rings. The number of para-hydroxylation sites is 1. The Morgan fingerprint density at radius 3 is 2.48 bits per heavy atom. The number of nitrogens with zero attached hydrogens (tertiary/aromatic N) is 2. The Hall–Kier alpha value is -2.53. The van der Waals surface area contributed by atoms with E-state index in [9.17, 15) is 4.79 Å². The monoisotopic (exact) mass is 392 g/mol. The lowest BCUT2D eigenvalue weighted by Crippen LogP contribution is -2.45. The van der Waals surface area contributed by atoms with E-state index in [-0.39, 0.29) is 12.1 Å². The molecule has 0 unspecified atom stereocenters. The SMILES string of the molecule is C[C@H](c1ccccc1)N1CC[C@@H](NC(=O)NC[C@H]2CCN(c3ccccc3)C2)C1. The maximum absolute atomic E-state index is 12.4. The normalized spacial score (nSPS) is 23.1. The molecule has 2 heterocycles. The number of anilines is 1. The fraction of sp³-hybridized carbons (Fsp3) is 0.458. The molecule has 2 N–H and O–H groups in total. The van der Waals surface area contributed by atoms with Gasteiger partial charge in [0, 0.05) is 50.5 Å². The molecule has 29 heavy (non-hydrogen) atoms. The highest BCUT2D eigenvalue weighted by atomic mass is 16.2. The Kier molecular flexibility index (Phi) is 6.35. The lowest BCUT2D eigenvalue weighted by molar-refractivity contribution is 0.230. The van der Waals surface area contributed by atoms with E-state index < -0.39 is 0 Å². The molecule has 4 rings (SSSR count). The van der Waals surface area contributed by atoms with Crippen molar-refractivity contribution < 1.29 is 4.79 Å². The maximum atomic E-state index is 12.4. The molecule has 0 radical (unpaired) electrons. The topological polar surface area (TPSA) is 47.6 Å². The number of amides is 2. The largest absolute Gasteiger partial charge is 0.371 e. The average molecular weight is 393 g/mol. The first-order valence-corrected chi connectivity index (χ1v) is 10.8. The van der Waals surface area contributed by atoms with Gasteiger partial charge in [-0.25, -0.2) is 4.79 Å². The van der Waals surface area contributed by atoms with Crippen molar-refractivity contribution in [2.45, 2.75) is 31.8 Å². The molecule has 0 aliphatic carbocycles. The van der Waals surface area contributed by atoms with E-state index in [1.807, 2.05) is 6.07 Å². The predicted molar refractivity (Wildman–Crippen MR) is 118 cm³/mol. The standard InChI is InChI=1S/C24H32N4O/c1-19(21-8-4-2-5-9-21)27-15-13-22(18-27)26-24(29)25-16-20-12-14-28(17-20)23-10-6-3-7-11-23/h2-11,19-20,22H,12-18H2,1H3,(H2,25,26,29)/t19-,20-,22-/m1/s1. The van der Waals surface area contributed by atoms with E-state index in [0.29, 0.717) is 12.0 Å². The molecule has 2 amide bonds. The minimum atomic E-state index is -0.0256. The molecule has 154 valence electrons. The molecule has 0 saturated carbocycles. The van der Waals surface area contributed by atoms with Crippen LogP contribution in [0.25, 0.3) is 0 Å². The molecule has 0 spiro atoms. The zero-order valence-corrected chi connectivity index (χ0v) is 17.3. The highest BCUT2D eigenvalue weighted by Crippen LogP contribution is 2.25. The van der Waals surface area contributed by atoms with Crippen LogP contribution in [-0.4, -0.2) is 49.7 Å². The number of carbonyl (C=O) groups is 1. The Balaban J connectivity index is 1.18. The number of benzene rings is 2. The molecule has 0 aromatic heterocycles. The number of urea groups is 1. The van der Waals surface area contributed by atoms with Crippen LogP contribution in [0, 0.1) is 5.92 Å². The third kappa shape index (κ3) is 5.10. The van der Waals surface area contributed by atoms with Crippen LogP contribution in [0.1, 0.15) is 31.4 Å². The fourth-order valence-corrected chi connectivity index (χ4v) is 4.55. The molecule has 2 aromatic carbocycles. The molecule has 2 aromatic rings. The highest BCUT2D eigenvalue weighted by Gasteiger charge is 2.28. The summed E-state index contributed by atoms with van der Waals surface area (Å²) < 4.78 is 0. The van der Waals surface area contributed by atoms with Gasteiger partial charge in [0.15, 0.2) is 0 Å². The smallest absolute Gasteiger partial charge is 0.315 e. The summed E-state index contributed by atoms with van der Waals surface area (Å²) in [7, 11) is 0. The van der Waals surface area contributed by atoms with Crippen molar-refractivity contribution in [2.24, 2.45) is 5.92 Å². The first-order chi connectivity index (χ1) is 14.2. The third-order valence-corrected chi connectivity index (χ3v) is 6.34. The second-order valence-corrected chi connectivity index (χ2v) is 8.36. The van der Waals surface area contributed by atoms with Crippen molar-refractivity contribution in [1.29, 1.82) is 0 Å². The zero-order valence-electron chi connectivity index (χ0n) is 17.3. The molecule has 5 nitrogen and oxygen atoms in total. The molecule has 0 bridgehead atoms. The fourth-order valence-electron chi connectivity index (χ4n) is 4.55. The van der Waals surface area contributed by atoms with Gasteiger partial charge in [-0.05, 0) is 43.4 Å². The van der Waals surface area contributed by atoms with Crippen LogP contribution in [0.2, 0.25) is 0 Å². The predicted octanol–water partition coefficient (Wildman–Crippen LogP) is 3.65. The summed E-state index contributed by atoms with van der Waals surface area (Å²) in [5, 5.41) is 6.28. The third-order valence-electron chi connectivity index (χ3n) is 6.34. The number of hydrogen-bond acceptors (Lipinski definition) is 3. The van der Waals surface area contributed by atoms with E-state index in [1.165, 1.54) is 11.3 Å². The summed E-state index contributed by atoms with van der Waals surface area (Å²) in [5.74, 6) is 0.513. The maximum Gasteiger partial charge on any atom is 0.315 e. The van der Waals surface area contributed by atoms with Crippen LogP contribution in [0.5, 0.6) is 0 Å². The van der Waals surface area contributed by atoms with Crippen molar-refractivity contribution >= 4 is 11.7 Å². The van der Waals surface area contributed by atoms with Crippen LogP contribution in [0.4, 0.5) is 10.5 Å². The van der Waals surface area contributed by atoms with Gasteiger partial charge in [-0.3, -0.25) is 4.90 Å². The van der Waals surface area contributed by atoms with Gasteiger partial charge in [0.1, 0.15) is 0 Å². The molecule has 2 aliphatic heterocycles. The number of nitrogens with one attached hydrogen (secondary N) is 2. The quantitative estimate of drug-likeness (QED) is 0.789. The second kappa shape index (κ2) is 9.31. The van der Waals surface area contributed by atoms with Crippen molar-refractivity contribution in [1.82, 2.24) is 15.5 Å². The Morgan fingerprint density at radius 1 is 1.00 bits per heavy atom. The summed E-state index contributed by atoms with van der Waals surface area (Å²) in [6.45, 7) is 7.00. The molecule has 2 saturated heterocycles. The van der Waals surface area contributed by atoms with Crippen LogP contribution in [0.15, 0.2) is 60.7 Å². The molecule has 2 aliphatic rings. The zero-order chi connectivity index (χ0) is 20.1. The minimum absolute atomic E-state index is 0.0256. The van der Waals surface area contributed by atoms with Gasteiger partial charge in [-0.2, -0.15) is 0 Å². The highest BCUT2D eigenvalue weighted by molar-refractivity contribution is 5.74. The summed E-state index contributed by atoms with van der Waals surface area (Å²) in [4.78, 5) is 17.3. The second-order valence-electron chi connectivity index (χ2n) is 8.36. The van der Waals surface area contributed by atoms with Crippen LogP contribution in [-0.2, 0) is 0 Å². The lowest BCUT2D eigenvalue weighted by Gasteiger charge is -2.25. The Morgan fingerprint density at radius 2 is 1.72 bits per heavy atom. The van der Waals surface area contributed by atoms with E-state index in [2.05, 4.69) is 82.0 Å². The number of rotatable bonds is 6. The van der Waals surface area contributed by atoms with Gasteiger partial charge in [0.2, 0.25) is 0 Å². The molecule has 3 atom stereocenters. The summed E-state index contributed by atoms with van der Waals surface area (Å²) in [5.41, 5.74) is 2.61. The van der Waals surface area contributed by atoms with E-state index in [4.69, 9.17) is 0 Å². The molecule has 5 heteroatoms. The van der Waals surface area contributed by atoms with Gasteiger partial charge in [0.25, 0.3) is 0 Å². The first-order valence-electron chi connectivity index (χ1n) is 10.8. The van der Waals surface area contributed by atoms with Crippen molar-refractivity contribution in [3.8, 4) is 0 Å². The van der Waals surface area contributed by atoms with Gasteiger partial charge < -0.3 is 15.5 Å². The van der Waals surface area contributed by atoms with E-state index in [1.54, 1.807) is 0 Å². The van der Waals surface area contributed by atoms with Gasteiger partial charge in [0.05, 0.1) is 0 Å². The van der Waals surface area contributed by atoms with Gasteiger partial charge in [-0.15, -0.1) is 0 Å². The van der Waals surface area contributed by atoms with Crippen LogP contribution >= 0.6 is 0 Å². The van der Waals surface area contributed by atoms with Crippen molar-refractivity contribution in [3.63, 3.8) is 0 Å². The van der Waals surface area contributed by atoms with Gasteiger partial charge in [-0.1, -0.05) is 48.5 Å². The summed E-state index contributed by atoms with van der Waals surface area (Å²) >= 11 is 0. The first kappa shape index (κ1) is 19.8. The number of carbonyl (C=O) groups excluding carboxylic acids is 1. The lowest BCUT2D eigenvalue weighted by atomic mass is 10.1. The van der Waals surface area contributed by atoms with E-state index >= 15 is 0 Å². The van der Waals surface area contributed by atoms with Crippen LogP contribution in [0.3, 0.4) is 0 Å². The van der Waals surface area contributed by atoms with Crippen molar-refractivity contribution in [2.75, 3.05) is 37.6 Å². The molecular weight excluding hydrogens is 360 g/mol. The van der Waals surface area contributed by atoms with Crippen LogP contribution < -0.4 is 15.5 Å². The number of hydrogen-bond donors (Lipinski definition) is 2. The minimum Gasteiger partial charge on any atom is -0.371 e. The Bertz CT molecular complexity index is 782. The molecular formula is C24H32N4O. The van der Waals surface area contributed by atoms with Gasteiger partial charge >= 0.3 is 6.03 Å². The Labute approximate surface area is 174 Å². The summed E-state index contributed by atoms with van der Waals surface area (Å²) in [6.07, 6.45) is 2.14. The summed E-state index contributed by atoms with van der Waals surface area (Å²) in [6, 6.07) is 21.7. The van der Waals surface area contributed by atoms with E-state index in [0.717, 1.165) is 45.6 Å². The van der Waals surface area contributed by atoms with Crippen molar-refractivity contribution in [3.05, 3.63) is 66.2 Å².